The molecule has 1 saturated heterocycles. The van der Waals surface area contributed by atoms with E-state index in [9.17, 15) is 4.39 Å². The fourth-order valence-electron chi connectivity index (χ4n) is 4.31. The van der Waals surface area contributed by atoms with E-state index in [0.29, 0.717) is 12.5 Å². The van der Waals surface area contributed by atoms with Crippen molar-refractivity contribution in [1.29, 1.82) is 0 Å². The Morgan fingerprint density at radius 3 is 2.80 bits per heavy atom. The number of benzene rings is 2. The van der Waals surface area contributed by atoms with Crippen molar-refractivity contribution in [3.63, 3.8) is 0 Å². The van der Waals surface area contributed by atoms with Gasteiger partial charge in [0.15, 0.2) is 0 Å². The van der Waals surface area contributed by atoms with Crippen molar-refractivity contribution in [2.45, 2.75) is 32.7 Å². The number of piperidine rings is 1. The van der Waals surface area contributed by atoms with E-state index in [1.54, 1.807) is 12.1 Å². The van der Waals surface area contributed by atoms with Gasteiger partial charge in [-0.2, -0.15) is 0 Å². The molecule has 1 fully saturated rings. The Balaban J connectivity index is 1.48. The van der Waals surface area contributed by atoms with Crippen molar-refractivity contribution < 1.29 is 14.2 Å². The molecule has 0 unspecified atom stereocenters. The smallest absolute Gasteiger partial charge is 0.123 e. The third kappa shape index (κ3) is 7.38. The Morgan fingerprint density at radius 1 is 1.17 bits per heavy atom. The average Bonchev–Trinajstić information content (AvgIpc) is 2.76. The van der Waals surface area contributed by atoms with Crippen LogP contribution in [0.4, 0.5) is 4.39 Å². The van der Waals surface area contributed by atoms with Crippen molar-refractivity contribution >= 4 is 0 Å². The van der Waals surface area contributed by atoms with E-state index in [1.807, 2.05) is 18.2 Å². The molecule has 2 aromatic rings. The van der Waals surface area contributed by atoms with Crippen LogP contribution in [-0.4, -0.2) is 60.8 Å². The van der Waals surface area contributed by atoms with Gasteiger partial charge in [0.25, 0.3) is 0 Å². The molecule has 164 valence electrons. The molecule has 0 saturated carbocycles. The first kappa shape index (κ1) is 22.7. The van der Waals surface area contributed by atoms with Crippen LogP contribution in [0, 0.1) is 11.7 Å². The average molecular weight is 415 g/mol. The van der Waals surface area contributed by atoms with Gasteiger partial charge in [0.05, 0.1) is 6.61 Å². The lowest BCUT2D eigenvalue weighted by Crippen LogP contribution is -2.41. The maximum absolute atomic E-state index is 13.4. The molecule has 0 amide bonds. The van der Waals surface area contributed by atoms with Crippen molar-refractivity contribution in [3.05, 3.63) is 65.5 Å². The lowest BCUT2D eigenvalue weighted by Gasteiger charge is -2.35. The summed E-state index contributed by atoms with van der Waals surface area (Å²) < 4.78 is 19.0. The Kier molecular flexibility index (Phi) is 9.12. The minimum absolute atomic E-state index is 0.0305. The van der Waals surface area contributed by atoms with Crippen LogP contribution in [0.25, 0.3) is 0 Å². The molecule has 1 aliphatic rings. The largest absolute Gasteiger partial charge is 0.491 e. The summed E-state index contributed by atoms with van der Waals surface area (Å²) in [6.07, 6.45) is 3.41. The topological polar surface area (TPSA) is 35.9 Å². The fraction of sp³-hybridized carbons (Fsp3) is 0.520. The van der Waals surface area contributed by atoms with E-state index in [2.05, 4.69) is 28.9 Å². The van der Waals surface area contributed by atoms with E-state index in [0.717, 1.165) is 57.0 Å². The minimum Gasteiger partial charge on any atom is -0.491 e. The molecule has 1 N–H and O–H groups in total. The number of likely N-dealkylation sites (tertiary alicyclic amines) is 1. The summed E-state index contributed by atoms with van der Waals surface area (Å²) in [5, 5.41) is 8.95. The second-order valence-corrected chi connectivity index (χ2v) is 8.24. The molecule has 1 atom stereocenters. The van der Waals surface area contributed by atoms with Crippen molar-refractivity contribution in [1.82, 2.24) is 9.80 Å². The predicted molar refractivity (Wildman–Crippen MR) is 119 cm³/mol. The second kappa shape index (κ2) is 12.0. The van der Waals surface area contributed by atoms with E-state index in [-0.39, 0.29) is 12.4 Å². The highest BCUT2D eigenvalue weighted by atomic mass is 19.1. The molecule has 5 heteroatoms. The summed E-state index contributed by atoms with van der Waals surface area (Å²) in [6, 6.07) is 15.1. The molecule has 4 nitrogen and oxygen atoms in total. The fourth-order valence-corrected chi connectivity index (χ4v) is 4.31. The zero-order valence-electron chi connectivity index (χ0n) is 18.1. The van der Waals surface area contributed by atoms with Crippen molar-refractivity contribution in [2.75, 3.05) is 45.9 Å². The molecular weight excluding hydrogens is 379 g/mol. The van der Waals surface area contributed by atoms with Gasteiger partial charge < -0.3 is 14.7 Å². The highest BCUT2D eigenvalue weighted by Gasteiger charge is 2.21. The second-order valence-electron chi connectivity index (χ2n) is 8.24. The van der Waals surface area contributed by atoms with E-state index < -0.39 is 0 Å². The third-order valence-electron chi connectivity index (χ3n) is 5.84. The molecule has 0 spiro atoms. The van der Waals surface area contributed by atoms with Gasteiger partial charge in [-0.1, -0.05) is 31.2 Å². The molecule has 2 aromatic carbocycles. The molecule has 0 bridgehead atoms. The van der Waals surface area contributed by atoms with Gasteiger partial charge in [-0.15, -0.1) is 0 Å². The van der Waals surface area contributed by atoms with Crippen LogP contribution in [0.2, 0.25) is 0 Å². The molecular formula is C25H35FN2O2. The lowest BCUT2D eigenvalue weighted by atomic mass is 9.96. The molecule has 3 rings (SSSR count). The van der Waals surface area contributed by atoms with Crippen LogP contribution in [-0.2, 0) is 13.0 Å². The van der Waals surface area contributed by atoms with Crippen LogP contribution in [0.1, 0.15) is 30.9 Å². The standard InChI is InChI=1S/C25H35FN2O2/c1-2-27(18-22-7-4-10-25(17-22)30-15-14-29)19-23-8-5-12-28(20-23)13-11-21-6-3-9-24(26)16-21/h3-4,6-7,9-10,16-17,23,29H,2,5,8,11-15,18-20H2,1H3/t23-/m1/s1. The van der Waals surface area contributed by atoms with Gasteiger partial charge >= 0.3 is 0 Å². The summed E-state index contributed by atoms with van der Waals surface area (Å²) in [5.74, 6) is 1.34. The van der Waals surface area contributed by atoms with Crippen LogP contribution < -0.4 is 4.74 Å². The molecule has 1 heterocycles. The SMILES string of the molecule is CCN(Cc1cccc(OCCO)c1)C[C@H]1CCCN(CCc2cccc(F)c2)C1. The van der Waals surface area contributed by atoms with Crippen molar-refractivity contribution in [2.24, 2.45) is 5.92 Å². The molecule has 1 aliphatic heterocycles. The van der Waals surface area contributed by atoms with Gasteiger partial charge in [0, 0.05) is 26.2 Å². The first-order valence-corrected chi connectivity index (χ1v) is 11.2. The van der Waals surface area contributed by atoms with Gasteiger partial charge in [-0.3, -0.25) is 4.90 Å². The van der Waals surface area contributed by atoms with E-state index >= 15 is 0 Å². The van der Waals surface area contributed by atoms with E-state index in [1.165, 1.54) is 24.5 Å². The summed E-state index contributed by atoms with van der Waals surface area (Å²) in [7, 11) is 0. The molecule has 0 aromatic heterocycles. The van der Waals surface area contributed by atoms with Crippen molar-refractivity contribution in [3.8, 4) is 5.75 Å². The quantitative estimate of drug-likeness (QED) is 0.604. The zero-order valence-corrected chi connectivity index (χ0v) is 18.1. The zero-order chi connectivity index (χ0) is 21.2. The molecule has 30 heavy (non-hydrogen) atoms. The monoisotopic (exact) mass is 414 g/mol. The highest BCUT2D eigenvalue weighted by molar-refractivity contribution is 5.28. The Hall–Kier alpha value is -1.95. The number of halogens is 1. The number of hydrogen-bond donors (Lipinski definition) is 1. The molecule has 0 aliphatic carbocycles. The molecule has 0 radical (unpaired) electrons. The predicted octanol–water partition coefficient (Wildman–Crippen LogP) is 3.97. The normalized spacial score (nSPS) is 17.4. The number of aliphatic hydroxyl groups excluding tert-OH is 1. The summed E-state index contributed by atoms with van der Waals surface area (Å²) in [5.41, 5.74) is 2.32. The lowest BCUT2D eigenvalue weighted by molar-refractivity contribution is 0.133. The number of rotatable bonds is 11. The number of ether oxygens (including phenoxy) is 1. The third-order valence-corrected chi connectivity index (χ3v) is 5.84. The van der Waals surface area contributed by atoms with Crippen LogP contribution >= 0.6 is 0 Å². The Bertz CT molecular complexity index is 770. The number of nitrogens with zero attached hydrogens (tertiary/aromatic N) is 2. The van der Waals surface area contributed by atoms with Crippen LogP contribution in [0.5, 0.6) is 5.75 Å². The van der Waals surface area contributed by atoms with Gasteiger partial charge in [-0.25, -0.2) is 4.39 Å². The maximum Gasteiger partial charge on any atom is 0.123 e. The summed E-state index contributed by atoms with van der Waals surface area (Å²) >= 11 is 0. The first-order valence-electron chi connectivity index (χ1n) is 11.2. The van der Waals surface area contributed by atoms with E-state index in [4.69, 9.17) is 9.84 Å². The minimum atomic E-state index is -0.145. The maximum atomic E-state index is 13.4. The van der Waals surface area contributed by atoms with Gasteiger partial charge in [-0.05, 0) is 73.7 Å². The first-order chi connectivity index (χ1) is 14.7. The Morgan fingerprint density at radius 2 is 2.00 bits per heavy atom. The summed E-state index contributed by atoms with van der Waals surface area (Å²) in [4.78, 5) is 5.04. The number of aliphatic hydroxyl groups is 1. The van der Waals surface area contributed by atoms with Crippen LogP contribution in [0.15, 0.2) is 48.5 Å². The van der Waals surface area contributed by atoms with Gasteiger partial charge in [0.1, 0.15) is 18.2 Å². The van der Waals surface area contributed by atoms with Gasteiger partial charge in [0.2, 0.25) is 0 Å². The number of hydrogen-bond acceptors (Lipinski definition) is 4. The Labute approximate surface area is 180 Å². The summed E-state index contributed by atoms with van der Waals surface area (Å²) in [6.45, 7) is 8.85. The highest BCUT2D eigenvalue weighted by Crippen LogP contribution is 2.20. The van der Waals surface area contributed by atoms with Crippen LogP contribution in [0.3, 0.4) is 0 Å².